The van der Waals surface area contributed by atoms with Gasteiger partial charge in [0.1, 0.15) is 5.78 Å². The highest BCUT2D eigenvalue weighted by atomic mass is 16.5. The Hall–Kier alpha value is -0.900. The lowest BCUT2D eigenvalue weighted by Crippen LogP contribution is -2.54. The van der Waals surface area contributed by atoms with Crippen LogP contribution in [-0.2, 0) is 14.3 Å². The summed E-state index contributed by atoms with van der Waals surface area (Å²) in [6.07, 6.45) is 4.51. The van der Waals surface area contributed by atoms with Gasteiger partial charge in [-0.3, -0.25) is 14.5 Å². The minimum atomic E-state index is -0.159. The number of hydrogen-bond donors (Lipinski definition) is 0. The van der Waals surface area contributed by atoms with Crippen LogP contribution in [0.25, 0.3) is 0 Å². The summed E-state index contributed by atoms with van der Waals surface area (Å²) in [7, 11) is 0. The van der Waals surface area contributed by atoms with Gasteiger partial charge in [0.25, 0.3) is 0 Å². The monoisotopic (exact) mass is 225 g/mol. The van der Waals surface area contributed by atoms with Crippen LogP contribution in [0.2, 0.25) is 0 Å². The van der Waals surface area contributed by atoms with Crippen molar-refractivity contribution in [2.24, 2.45) is 0 Å². The molecule has 2 bridgehead atoms. The fraction of sp³-hybridized carbons (Fsp3) is 0.833. The van der Waals surface area contributed by atoms with Crippen molar-refractivity contribution >= 4 is 11.8 Å². The van der Waals surface area contributed by atoms with Crippen molar-refractivity contribution in [2.45, 2.75) is 51.1 Å². The number of ether oxygens (including phenoxy) is 1. The molecule has 2 heterocycles. The first-order chi connectivity index (χ1) is 7.70. The standard InChI is InChI=1S/C12H19NO3/c1-2-16-12(15)8-13-9-4-3-5-10(13)7-11(14)6-9/h9-10H,2-8H2,1H3/t9-,10-/m0/s1. The molecule has 2 atom stereocenters. The Morgan fingerprint density at radius 2 is 2.00 bits per heavy atom. The predicted molar refractivity (Wildman–Crippen MR) is 59.0 cm³/mol. The second-order valence-electron chi connectivity index (χ2n) is 4.66. The molecule has 0 spiro atoms. The van der Waals surface area contributed by atoms with Crippen LogP contribution >= 0.6 is 0 Å². The van der Waals surface area contributed by atoms with Crippen molar-refractivity contribution in [3.05, 3.63) is 0 Å². The summed E-state index contributed by atoms with van der Waals surface area (Å²) in [6.45, 7) is 2.61. The SMILES string of the molecule is CCOC(=O)CN1[C@H]2CCC[C@H]1CC(=O)C2. The number of carbonyl (C=O) groups is 2. The Labute approximate surface area is 95.9 Å². The molecule has 0 N–H and O–H groups in total. The zero-order valence-electron chi connectivity index (χ0n) is 9.78. The van der Waals surface area contributed by atoms with E-state index in [0.29, 0.717) is 31.8 Å². The quantitative estimate of drug-likeness (QED) is 0.676. The van der Waals surface area contributed by atoms with Crippen LogP contribution in [0.4, 0.5) is 0 Å². The van der Waals surface area contributed by atoms with E-state index in [-0.39, 0.29) is 18.1 Å². The highest BCUT2D eigenvalue weighted by Gasteiger charge is 2.38. The van der Waals surface area contributed by atoms with Gasteiger partial charge in [0.2, 0.25) is 0 Å². The minimum Gasteiger partial charge on any atom is -0.465 e. The summed E-state index contributed by atoms with van der Waals surface area (Å²) in [4.78, 5) is 25.1. The van der Waals surface area contributed by atoms with Crippen molar-refractivity contribution < 1.29 is 14.3 Å². The zero-order valence-corrected chi connectivity index (χ0v) is 9.78. The van der Waals surface area contributed by atoms with E-state index in [1.807, 2.05) is 6.92 Å². The molecule has 16 heavy (non-hydrogen) atoms. The van der Waals surface area contributed by atoms with E-state index >= 15 is 0 Å². The molecule has 2 rings (SSSR count). The van der Waals surface area contributed by atoms with Crippen LogP contribution in [0.1, 0.15) is 39.0 Å². The summed E-state index contributed by atoms with van der Waals surface area (Å²) in [6, 6.07) is 0.564. The van der Waals surface area contributed by atoms with E-state index in [9.17, 15) is 9.59 Å². The van der Waals surface area contributed by atoms with Crippen LogP contribution in [0.3, 0.4) is 0 Å². The smallest absolute Gasteiger partial charge is 0.320 e. The lowest BCUT2D eigenvalue weighted by atomic mass is 9.84. The molecule has 0 aromatic heterocycles. The summed E-state index contributed by atoms with van der Waals surface area (Å²) in [5, 5.41) is 0. The summed E-state index contributed by atoms with van der Waals surface area (Å²) < 4.78 is 4.97. The summed E-state index contributed by atoms with van der Waals surface area (Å²) >= 11 is 0. The van der Waals surface area contributed by atoms with Gasteiger partial charge in [0.05, 0.1) is 13.2 Å². The number of carbonyl (C=O) groups excluding carboxylic acids is 2. The molecule has 2 saturated heterocycles. The van der Waals surface area contributed by atoms with E-state index < -0.39 is 0 Å². The first-order valence-corrected chi connectivity index (χ1v) is 6.13. The van der Waals surface area contributed by atoms with Crippen molar-refractivity contribution in [3.8, 4) is 0 Å². The topological polar surface area (TPSA) is 46.6 Å². The van der Waals surface area contributed by atoms with Crippen LogP contribution in [0, 0.1) is 0 Å². The molecule has 0 unspecified atom stereocenters. The molecule has 4 nitrogen and oxygen atoms in total. The first kappa shape index (κ1) is 11.6. The molecule has 0 radical (unpaired) electrons. The van der Waals surface area contributed by atoms with Crippen molar-refractivity contribution in [1.82, 2.24) is 4.90 Å². The Morgan fingerprint density at radius 3 is 2.56 bits per heavy atom. The third-order valence-electron chi connectivity index (χ3n) is 3.56. The lowest BCUT2D eigenvalue weighted by Gasteiger charge is -2.44. The number of fused-ring (bicyclic) bond motifs is 2. The number of rotatable bonds is 3. The maximum absolute atomic E-state index is 11.5. The number of hydrogen-bond acceptors (Lipinski definition) is 4. The fourth-order valence-electron chi connectivity index (χ4n) is 2.88. The molecule has 0 aromatic rings. The molecule has 90 valence electrons. The summed E-state index contributed by atoms with van der Waals surface area (Å²) in [5.41, 5.74) is 0. The van der Waals surface area contributed by atoms with Gasteiger partial charge in [-0.25, -0.2) is 0 Å². The Kier molecular flexibility index (Phi) is 3.59. The van der Waals surface area contributed by atoms with Gasteiger partial charge in [-0.2, -0.15) is 0 Å². The molecule has 2 fully saturated rings. The third-order valence-corrected chi connectivity index (χ3v) is 3.56. The third kappa shape index (κ3) is 2.43. The summed E-state index contributed by atoms with van der Waals surface area (Å²) in [5.74, 6) is 0.198. The Bertz CT molecular complexity index is 274. The van der Waals surface area contributed by atoms with E-state index in [2.05, 4.69) is 4.90 Å². The van der Waals surface area contributed by atoms with Crippen molar-refractivity contribution in [1.29, 1.82) is 0 Å². The highest BCUT2D eigenvalue weighted by Crippen LogP contribution is 2.31. The zero-order chi connectivity index (χ0) is 11.5. The van der Waals surface area contributed by atoms with E-state index in [0.717, 1.165) is 12.8 Å². The van der Waals surface area contributed by atoms with Gasteiger partial charge in [-0.05, 0) is 19.8 Å². The Morgan fingerprint density at radius 1 is 1.38 bits per heavy atom. The molecule has 0 saturated carbocycles. The molecule has 2 aliphatic heterocycles. The van der Waals surface area contributed by atoms with Gasteiger partial charge in [0, 0.05) is 24.9 Å². The molecule has 0 aliphatic carbocycles. The van der Waals surface area contributed by atoms with E-state index in [4.69, 9.17) is 4.74 Å². The normalized spacial score (nSPS) is 30.2. The van der Waals surface area contributed by atoms with Gasteiger partial charge in [-0.1, -0.05) is 6.42 Å². The van der Waals surface area contributed by atoms with Crippen LogP contribution in [0.15, 0.2) is 0 Å². The van der Waals surface area contributed by atoms with Gasteiger partial charge < -0.3 is 4.74 Å². The lowest BCUT2D eigenvalue weighted by molar-refractivity contribution is -0.149. The number of piperidine rings is 2. The highest BCUT2D eigenvalue weighted by molar-refractivity contribution is 5.81. The first-order valence-electron chi connectivity index (χ1n) is 6.13. The fourth-order valence-corrected chi connectivity index (χ4v) is 2.88. The average molecular weight is 225 g/mol. The molecular formula is C12H19NO3. The van der Waals surface area contributed by atoms with Crippen molar-refractivity contribution in [2.75, 3.05) is 13.2 Å². The van der Waals surface area contributed by atoms with E-state index in [1.165, 1.54) is 6.42 Å². The molecule has 0 aromatic carbocycles. The second kappa shape index (κ2) is 4.95. The van der Waals surface area contributed by atoms with E-state index in [1.54, 1.807) is 0 Å². The second-order valence-corrected chi connectivity index (χ2v) is 4.66. The molecule has 2 aliphatic rings. The molecular weight excluding hydrogens is 206 g/mol. The van der Waals surface area contributed by atoms with Crippen LogP contribution in [0.5, 0.6) is 0 Å². The minimum absolute atomic E-state index is 0.159. The van der Waals surface area contributed by atoms with Crippen molar-refractivity contribution in [3.63, 3.8) is 0 Å². The largest absolute Gasteiger partial charge is 0.465 e. The number of ketones is 1. The van der Waals surface area contributed by atoms with Crippen LogP contribution in [-0.4, -0.2) is 41.9 Å². The van der Waals surface area contributed by atoms with Crippen LogP contribution < -0.4 is 0 Å². The number of nitrogens with zero attached hydrogens (tertiary/aromatic N) is 1. The average Bonchev–Trinajstić information content (AvgIpc) is 2.19. The molecule has 0 amide bonds. The Balaban J connectivity index is 1.98. The maximum Gasteiger partial charge on any atom is 0.320 e. The predicted octanol–water partition coefficient (Wildman–Crippen LogP) is 1.14. The number of Topliss-reactive ketones (excluding diaryl/α,β-unsaturated/α-hetero) is 1. The van der Waals surface area contributed by atoms with Gasteiger partial charge >= 0.3 is 5.97 Å². The number of esters is 1. The van der Waals surface area contributed by atoms with Gasteiger partial charge in [0.15, 0.2) is 0 Å². The van der Waals surface area contributed by atoms with Gasteiger partial charge in [-0.15, -0.1) is 0 Å². The molecule has 4 heteroatoms. The maximum atomic E-state index is 11.5.